The zero-order valence-electron chi connectivity index (χ0n) is 21.6. The van der Waals surface area contributed by atoms with Gasteiger partial charge in [0.05, 0.1) is 10.8 Å². The van der Waals surface area contributed by atoms with Crippen molar-refractivity contribution in [1.29, 1.82) is 0 Å². The average Bonchev–Trinajstić information content (AvgIpc) is 3.90. The molecule has 3 aromatic carbocycles. The van der Waals surface area contributed by atoms with Gasteiger partial charge in [-0.2, -0.15) is 0 Å². The molecular weight excluding hydrogens is 533 g/mol. The van der Waals surface area contributed by atoms with Crippen molar-refractivity contribution in [3.05, 3.63) is 83.7 Å². The van der Waals surface area contributed by atoms with Crippen LogP contribution in [0.15, 0.2) is 71.1 Å². The minimum absolute atomic E-state index is 0.00962. The molecule has 3 N–H and O–H groups in total. The van der Waals surface area contributed by atoms with Gasteiger partial charge in [-0.3, -0.25) is 19.1 Å². The Kier molecular flexibility index (Phi) is 6.50. The first kappa shape index (κ1) is 25.9. The SMILES string of the molecule is CNC(=O)c1c(-c2ccc(F)cc2)oc2ccc(-c3cccc(C(=O)NC4(C(=O)NS(=O)C5CC5)CC4)c3)cc12. The monoisotopic (exact) mass is 559 g/mol. The van der Waals surface area contributed by atoms with Crippen molar-refractivity contribution in [2.75, 3.05) is 7.05 Å². The predicted octanol–water partition coefficient (Wildman–Crippen LogP) is 4.47. The van der Waals surface area contributed by atoms with Gasteiger partial charge in [0.2, 0.25) is 0 Å². The number of rotatable bonds is 8. The highest BCUT2D eigenvalue weighted by atomic mass is 32.2. The van der Waals surface area contributed by atoms with E-state index in [4.69, 9.17) is 4.42 Å². The highest BCUT2D eigenvalue weighted by Crippen LogP contribution is 2.38. The zero-order chi connectivity index (χ0) is 28.0. The molecule has 2 aliphatic carbocycles. The normalized spacial score (nSPS) is 16.2. The number of fused-ring (bicyclic) bond motifs is 1. The number of carbonyl (C=O) groups is 3. The number of hydrogen-bond acceptors (Lipinski definition) is 5. The minimum atomic E-state index is -1.42. The van der Waals surface area contributed by atoms with Gasteiger partial charge in [-0.05, 0) is 85.3 Å². The Morgan fingerprint density at radius 1 is 0.925 bits per heavy atom. The van der Waals surface area contributed by atoms with E-state index in [0.717, 1.165) is 24.0 Å². The number of amides is 3. The molecule has 0 radical (unpaired) electrons. The molecule has 1 atom stereocenters. The summed E-state index contributed by atoms with van der Waals surface area (Å²) in [7, 11) is 0.107. The largest absolute Gasteiger partial charge is 0.455 e. The number of furan rings is 1. The second-order valence-electron chi connectivity index (χ2n) is 10.1. The van der Waals surface area contributed by atoms with Crippen LogP contribution < -0.4 is 15.4 Å². The molecule has 2 saturated carbocycles. The van der Waals surface area contributed by atoms with Crippen molar-refractivity contribution in [2.45, 2.75) is 36.5 Å². The highest BCUT2D eigenvalue weighted by Gasteiger charge is 2.52. The number of benzene rings is 3. The van der Waals surface area contributed by atoms with Crippen LogP contribution in [0.3, 0.4) is 0 Å². The number of carbonyl (C=O) groups excluding carboxylic acids is 3. The molecule has 0 bridgehead atoms. The summed E-state index contributed by atoms with van der Waals surface area (Å²) in [5.41, 5.74) is 2.18. The van der Waals surface area contributed by atoms with Crippen LogP contribution in [0.5, 0.6) is 0 Å². The summed E-state index contributed by atoms with van der Waals surface area (Å²) >= 11 is 0. The Labute approximate surface area is 231 Å². The van der Waals surface area contributed by atoms with E-state index in [1.807, 2.05) is 18.2 Å². The topological polar surface area (TPSA) is 118 Å². The molecule has 1 unspecified atom stereocenters. The zero-order valence-corrected chi connectivity index (χ0v) is 22.4. The van der Waals surface area contributed by atoms with Crippen LogP contribution in [-0.4, -0.2) is 39.8 Å². The molecule has 10 heteroatoms. The van der Waals surface area contributed by atoms with Gasteiger partial charge in [-0.1, -0.05) is 18.2 Å². The molecule has 0 spiro atoms. The van der Waals surface area contributed by atoms with Crippen LogP contribution in [0.1, 0.15) is 46.4 Å². The molecule has 2 aliphatic rings. The Morgan fingerprint density at radius 2 is 1.62 bits per heavy atom. The van der Waals surface area contributed by atoms with Gasteiger partial charge < -0.3 is 15.1 Å². The molecule has 204 valence electrons. The maximum Gasteiger partial charge on any atom is 0.257 e. The van der Waals surface area contributed by atoms with E-state index in [9.17, 15) is 23.0 Å². The maximum absolute atomic E-state index is 13.5. The molecule has 0 saturated heterocycles. The molecule has 4 aromatic rings. The second-order valence-corrected chi connectivity index (χ2v) is 11.6. The molecule has 1 heterocycles. The highest BCUT2D eigenvalue weighted by molar-refractivity contribution is 7.84. The first-order valence-electron chi connectivity index (χ1n) is 13.0. The van der Waals surface area contributed by atoms with E-state index in [0.29, 0.717) is 46.3 Å². The maximum atomic E-state index is 13.5. The van der Waals surface area contributed by atoms with E-state index in [1.54, 1.807) is 36.4 Å². The van der Waals surface area contributed by atoms with E-state index < -0.39 is 34.2 Å². The van der Waals surface area contributed by atoms with Crippen molar-refractivity contribution in [1.82, 2.24) is 15.4 Å². The third-order valence-corrected chi connectivity index (χ3v) is 8.73. The van der Waals surface area contributed by atoms with Crippen molar-refractivity contribution in [2.24, 2.45) is 0 Å². The van der Waals surface area contributed by atoms with Crippen molar-refractivity contribution in [3.63, 3.8) is 0 Å². The summed E-state index contributed by atoms with van der Waals surface area (Å²) in [6.45, 7) is 0. The van der Waals surface area contributed by atoms with Gasteiger partial charge >= 0.3 is 0 Å². The average molecular weight is 560 g/mol. The minimum Gasteiger partial charge on any atom is -0.455 e. The van der Waals surface area contributed by atoms with Crippen LogP contribution in [-0.2, 0) is 15.8 Å². The third-order valence-electron chi connectivity index (χ3n) is 7.26. The van der Waals surface area contributed by atoms with Crippen molar-refractivity contribution in [3.8, 4) is 22.5 Å². The van der Waals surface area contributed by atoms with E-state index in [2.05, 4.69) is 15.4 Å². The van der Waals surface area contributed by atoms with Gasteiger partial charge in [0, 0.05) is 23.6 Å². The quantitative estimate of drug-likeness (QED) is 0.295. The van der Waals surface area contributed by atoms with Crippen LogP contribution in [0.2, 0.25) is 0 Å². The Morgan fingerprint density at radius 3 is 2.30 bits per heavy atom. The predicted molar refractivity (Wildman–Crippen MR) is 149 cm³/mol. The molecule has 1 aromatic heterocycles. The number of hydrogen-bond donors (Lipinski definition) is 3. The van der Waals surface area contributed by atoms with Gasteiger partial charge in [0.15, 0.2) is 0 Å². The number of halogens is 1. The van der Waals surface area contributed by atoms with Gasteiger partial charge in [0.1, 0.15) is 33.7 Å². The third kappa shape index (κ3) is 4.90. The lowest BCUT2D eigenvalue weighted by atomic mass is 9.98. The molecule has 8 nitrogen and oxygen atoms in total. The van der Waals surface area contributed by atoms with Crippen LogP contribution in [0.4, 0.5) is 4.39 Å². The van der Waals surface area contributed by atoms with Crippen LogP contribution in [0, 0.1) is 5.82 Å². The molecule has 2 fully saturated rings. The fraction of sp³-hybridized carbons (Fsp3) is 0.233. The molecule has 3 amide bonds. The van der Waals surface area contributed by atoms with Crippen LogP contribution >= 0.6 is 0 Å². The summed E-state index contributed by atoms with van der Waals surface area (Å²) in [6.07, 6.45) is 2.65. The van der Waals surface area contributed by atoms with Gasteiger partial charge in [-0.15, -0.1) is 0 Å². The summed E-state index contributed by atoms with van der Waals surface area (Å²) < 4.78 is 34.2. The Hall–Kier alpha value is -4.31. The lowest BCUT2D eigenvalue weighted by molar-refractivity contribution is -0.122. The standard InChI is InChI=1S/C30H26FN3O5S/c1-32-28(36)25-23-16-19(7-12-24(23)39-26(25)17-5-8-21(31)9-6-17)18-3-2-4-20(15-18)27(35)33-30(13-14-30)29(37)34-40(38)22-10-11-22/h2-9,12,15-16,22H,10-11,13-14H2,1H3,(H,32,36)(H,33,35)(H,34,37). The first-order chi connectivity index (χ1) is 19.3. The smallest absolute Gasteiger partial charge is 0.257 e. The van der Waals surface area contributed by atoms with Crippen LogP contribution in [0.25, 0.3) is 33.4 Å². The Balaban J connectivity index is 1.29. The Bertz CT molecular complexity index is 1690. The van der Waals surface area contributed by atoms with E-state index >= 15 is 0 Å². The lowest BCUT2D eigenvalue weighted by Gasteiger charge is -2.17. The summed E-state index contributed by atoms with van der Waals surface area (Å²) in [4.78, 5) is 38.7. The summed E-state index contributed by atoms with van der Waals surface area (Å²) in [5, 5.41) is 6.06. The summed E-state index contributed by atoms with van der Waals surface area (Å²) in [6, 6.07) is 18.1. The van der Waals surface area contributed by atoms with Gasteiger partial charge in [-0.25, -0.2) is 8.60 Å². The fourth-order valence-electron chi connectivity index (χ4n) is 4.65. The molecule has 40 heavy (non-hydrogen) atoms. The molecular formula is C30H26FN3O5S. The second kappa shape index (κ2) is 10.0. The molecule has 6 rings (SSSR count). The first-order valence-corrected chi connectivity index (χ1v) is 14.2. The fourth-order valence-corrected chi connectivity index (χ4v) is 5.76. The lowest BCUT2D eigenvalue weighted by Crippen LogP contribution is -2.49. The molecule has 0 aliphatic heterocycles. The van der Waals surface area contributed by atoms with E-state index in [1.165, 1.54) is 19.2 Å². The summed E-state index contributed by atoms with van der Waals surface area (Å²) in [5.74, 6) is -1.23. The van der Waals surface area contributed by atoms with Crippen molar-refractivity contribution >= 4 is 39.7 Å². The van der Waals surface area contributed by atoms with E-state index in [-0.39, 0.29) is 11.2 Å². The number of nitrogens with one attached hydrogen (secondary N) is 3. The van der Waals surface area contributed by atoms with Gasteiger partial charge in [0.25, 0.3) is 17.7 Å². The van der Waals surface area contributed by atoms with Crippen molar-refractivity contribution < 1.29 is 27.4 Å².